The number of para-hydroxylation sites is 2. The van der Waals surface area contributed by atoms with Crippen LogP contribution in [0.4, 0.5) is 0 Å². The zero-order chi connectivity index (χ0) is 19.8. The van der Waals surface area contributed by atoms with Gasteiger partial charge in [0.15, 0.2) is 17.6 Å². The molecular weight excluding hydrogens is 378 g/mol. The number of nitrogens with zero attached hydrogens (tertiary/aromatic N) is 3. The maximum Gasteiger partial charge on any atom is 0.262 e. The molecule has 0 saturated carbocycles. The molecule has 0 bridgehead atoms. The molecule has 0 fully saturated rings. The number of aromatic nitrogens is 2. The highest BCUT2D eigenvalue weighted by Gasteiger charge is 2.24. The average molecular weight is 399 g/mol. The highest BCUT2D eigenvalue weighted by Crippen LogP contribution is 2.31. The van der Waals surface area contributed by atoms with Crippen molar-refractivity contribution in [1.82, 2.24) is 14.5 Å². The fraction of sp³-hybridized carbons (Fsp3) is 0.350. The Morgan fingerprint density at radius 1 is 1.32 bits per heavy atom. The minimum absolute atomic E-state index is 0.0588. The molecule has 1 amide bonds. The largest absolute Gasteiger partial charge is 0.486 e. The van der Waals surface area contributed by atoms with Gasteiger partial charge in [0.1, 0.15) is 18.0 Å². The number of fused-ring (bicyclic) bond motifs is 2. The van der Waals surface area contributed by atoms with Crippen LogP contribution in [0, 0.1) is 13.8 Å². The topological polar surface area (TPSA) is 73.7 Å². The Balaban J connectivity index is 1.45. The number of rotatable bonds is 4. The monoisotopic (exact) mass is 399 g/mol. The molecule has 1 aromatic carbocycles. The van der Waals surface area contributed by atoms with Crippen LogP contribution >= 0.6 is 11.3 Å². The predicted molar refractivity (Wildman–Crippen MR) is 107 cm³/mol. The molecule has 1 atom stereocenters. The quantitative estimate of drug-likeness (QED) is 0.673. The molecular formula is C20H21N3O4S. The fourth-order valence-corrected chi connectivity index (χ4v) is 4.20. The number of carbonyl (C=O) groups is 1. The van der Waals surface area contributed by atoms with Crippen LogP contribution in [0.2, 0.25) is 0 Å². The summed E-state index contributed by atoms with van der Waals surface area (Å²) in [4.78, 5) is 33.1. The van der Waals surface area contributed by atoms with Crippen molar-refractivity contribution >= 4 is 27.5 Å². The second-order valence-electron chi connectivity index (χ2n) is 6.91. The van der Waals surface area contributed by atoms with E-state index in [0.717, 1.165) is 10.4 Å². The number of benzene rings is 1. The highest BCUT2D eigenvalue weighted by atomic mass is 32.1. The third-order valence-electron chi connectivity index (χ3n) is 4.93. The Morgan fingerprint density at radius 2 is 2.07 bits per heavy atom. The molecule has 4 rings (SSSR count). The molecule has 0 radical (unpaired) electrons. The SMILES string of the molecule is Cc1sc2ncn(CC(=O)N(C)C[C@H]3COc4ccccc4O3)c(=O)c2c1C. The molecule has 1 aliphatic heterocycles. The first-order valence-electron chi connectivity index (χ1n) is 9.01. The number of aryl methyl sites for hydroxylation is 2. The second-order valence-corrected chi connectivity index (χ2v) is 8.12. The van der Waals surface area contributed by atoms with Crippen LogP contribution in [0.3, 0.4) is 0 Å². The summed E-state index contributed by atoms with van der Waals surface area (Å²) in [6.07, 6.45) is 1.19. The van der Waals surface area contributed by atoms with Crippen LogP contribution in [0.25, 0.3) is 10.2 Å². The predicted octanol–water partition coefficient (Wildman–Crippen LogP) is 2.37. The van der Waals surface area contributed by atoms with Crippen molar-refractivity contribution in [2.24, 2.45) is 0 Å². The van der Waals surface area contributed by atoms with Gasteiger partial charge in [-0.05, 0) is 31.5 Å². The van der Waals surface area contributed by atoms with Gasteiger partial charge in [0.05, 0.1) is 18.3 Å². The van der Waals surface area contributed by atoms with Crippen molar-refractivity contribution < 1.29 is 14.3 Å². The smallest absolute Gasteiger partial charge is 0.262 e. The van der Waals surface area contributed by atoms with Gasteiger partial charge in [0, 0.05) is 11.9 Å². The lowest BCUT2D eigenvalue weighted by Crippen LogP contribution is -2.43. The zero-order valence-electron chi connectivity index (χ0n) is 16.0. The summed E-state index contributed by atoms with van der Waals surface area (Å²) in [7, 11) is 1.70. The Hall–Kier alpha value is -2.87. The lowest BCUT2D eigenvalue weighted by molar-refractivity contribution is -0.132. The van der Waals surface area contributed by atoms with E-state index >= 15 is 0 Å². The van der Waals surface area contributed by atoms with Gasteiger partial charge in [-0.15, -0.1) is 11.3 Å². The van der Waals surface area contributed by atoms with Crippen molar-refractivity contribution in [2.75, 3.05) is 20.2 Å². The summed E-state index contributed by atoms with van der Waals surface area (Å²) in [5, 5.41) is 0.598. The molecule has 8 heteroatoms. The third-order valence-corrected chi connectivity index (χ3v) is 6.05. The molecule has 3 aromatic rings. The van der Waals surface area contributed by atoms with E-state index in [4.69, 9.17) is 9.47 Å². The van der Waals surface area contributed by atoms with Gasteiger partial charge < -0.3 is 14.4 Å². The Bertz CT molecular complexity index is 1100. The first kappa shape index (κ1) is 18.5. The van der Waals surface area contributed by atoms with Crippen LogP contribution in [0.5, 0.6) is 11.5 Å². The minimum atomic E-state index is -0.261. The van der Waals surface area contributed by atoms with Crippen molar-refractivity contribution in [3.05, 3.63) is 51.4 Å². The molecule has 7 nitrogen and oxygen atoms in total. The first-order chi connectivity index (χ1) is 13.4. The van der Waals surface area contributed by atoms with E-state index in [-0.39, 0.29) is 24.1 Å². The van der Waals surface area contributed by atoms with Gasteiger partial charge in [-0.2, -0.15) is 0 Å². The zero-order valence-corrected chi connectivity index (χ0v) is 16.8. The fourth-order valence-electron chi connectivity index (χ4n) is 3.21. The van der Waals surface area contributed by atoms with Gasteiger partial charge in [-0.25, -0.2) is 4.98 Å². The van der Waals surface area contributed by atoms with Gasteiger partial charge in [-0.3, -0.25) is 14.2 Å². The number of hydrogen-bond donors (Lipinski definition) is 0. The van der Waals surface area contributed by atoms with Gasteiger partial charge >= 0.3 is 0 Å². The Kier molecular flexibility index (Phi) is 4.80. The molecule has 146 valence electrons. The molecule has 0 spiro atoms. The van der Waals surface area contributed by atoms with Crippen LogP contribution < -0.4 is 15.0 Å². The molecule has 1 aliphatic rings. The maximum atomic E-state index is 12.8. The summed E-state index contributed by atoms with van der Waals surface area (Å²) in [6, 6.07) is 7.46. The first-order valence-corrected chi connectivity index (χ1v) is 9.83. The Morgan fingerprint density at radius 3 is 2.86 bits per heavy atom. The Labute approximate surface area is 166 Å². The highest BCUT2D eigenvalue weighted by molar-refractivity contribution is 7.18. The average Bonchev–Trinajstić information content (AvgIpc) is 2.98. The van der Waals surface area contributed by atoms with E-state index in [2.05, 4.69) is 4.98 Å². The van der Waals surface area contributed by atoms with Crippen molar-refractivity contribution in [3.8, 4) is 11.5 Å². The number of hydrogen-bond acceptors (Lipinski definition) is 6. The molecule has 0 saturated heterocycles. The van der Waals surface area contributed by atoms with Crippen molar-refractivity contribution in [2.45, 2.75) is 26.5 Å². The number of ether oxygens (including phenoxy) is 2. The van der Waals surface area contributed by atoms with Crippen LogP contribution in [0.1, 0.15) is 10.4 Å². The summed E-state index contributed by atoms with van der Waals surface area (Å²) < 4.78 is 13.0. The summed E-state index contributed by atoms with van der Waals surface area (Å²) in [5.41, 5.74) is 0.749. The van der Waals surface area contributed by atoms with E-state index in [1.165, 1.54) is 22.2 Å². The number of thiophene rings is 1. The van der Waals surface area contributed by atoms with Crippen molar-refractivity contribution in [1.29, 1.82) is 0 Å². The number of carbonyl (C=O) groups excluding carboxylic acids is 1. The van der Waals surface area contributed by atoms with E-state index < -0.39 is 0 Å². The van der Waals surface area contributed by atoms with Gasteiger partial charge in [-0.1, -0.05) is 12.1 Å². The summed E-state index contributed by atoms with van der Waals surface area (Å²) in [5.74, 6) is 1.20. The maximum absolute atomic E-state index is 12.8. The summed E-state index contributed by atoms with van der Waals surface area (Å²) >= 11 is 1.49. The van der Waals surface area contributed by atoms with Crippen molar-refractivity contribution in [3.63, 3.8) is 0 Å². The van der Waals surface area contributed by atoms with E-state index in [1.54, 1.807) is 11.9 Å². The molecule has 0 aliphatic carbocycles. The third kappa shape index (κ3) is 3.35. The standard InChI is InChI=1S/C20H21N3O4S/c1-12-13(2)28-19-18(12)20(25)23(11-21-19)9-17(24)22(3)8-14-10-26-15-6-4-5-7-16(15)27-14/h4-7,11,14H,8-10H2,1-3H3/t14-/m0/s1. The molecule has 0 N–H and O–H groups in total. The normalized spacial score (nSPS) is 15.6. The minimum Gasteiger partial charge on any atom is -0.486 e. The van der Waals surface area contributed by atoms with Crippen LogP contribution in [-0.2, 0) is 11.3 Å². The van der Waals surface area contributed by atoms with E-state index in [0.29, 0.717) is 34.9 Å². The lowest BCUT2D eigenvalue weighted by atomic mass is 10.2. The van der Waals surface area contributed by atoms with Gasteiger partial charge in [0.2, 0.25) is 5.91 Å². The molecule has 3 heterocycles. The lowest BCUT2D eigenvalue weighted by Gasteiger charge is -2.29. The van der Waals surface area contributed by atoms with E-state index in [1.807, 2.05) is 38.1 Å². The molecule has 28 heavy (non-hydrogen) atoms. The van der Waals surface area contributed by atoms with Crippen LogP contribution in [-0.4, -0.2) is 46.7 Å². The number of amides is 1. The molecule has 2 aromatic heterocycles. The van der Waals surface area contributed by atoms with Crippen LogP contribution in [0.15, 0.2) is 35.4 Å². The van der Waals surface area contributed by atoms with Gasteiger partial charge in [0.25, 0.3) is 5.56 Å². The summed E-state index contributed by atoms with van der Waals surface area (Å²) in [6.45, 7) is 4.56. The van der Waals surface area contributed by atoms with E-state index in [9.17, 15) is 9.59 Å². The molecule has 0 unspecified atom stereocenters. The second kappa shape index (κ2) is 7.27. The number of likely N-dealkylation sites (N-methyl/N-ethyl adjacent to an activating group) is 1.